The molecule has 2 aromatic carbocycles. The minimum absolute atomic E-state index is 0.0344. The van der Waals surface area contributed by atoms with Crippen molar-refractivity contribution >= 4 is 23.1 Å². The molecule has 1 saturated heterocycles. The Morgan fingerprint density at radius 1 is 1.00 bits per heavy atom. The fraction of sp³-hybridized carbons (Fsp3) is 0.217. The molecule has 1 N–H and O–H groups in total. The molecule has 1 aliphatic heterocycles. The van der Waals surface area contributed by atoms with E-state index in [9.17, 15) is 9.18 Å². The summed E-state index contributed by atoms with van der Waals surface area (Å²) in [5.41, 5.74) is 3.26. The van der Waals surface area contributed by atoms with Crippen LogP contribution in [-0.4, -0.2) is 42.0 Å². The van der Waals surface area contributed by atoms with E-state index in [-0.39, 0.29) is 11.7 Å². The van der Waals surface area contributed by atoms with Gasteiger partial charge >= 0.3 is 0 Å². The van der Waals surface area contributed by atoms with Crippen molar-refractivity contribution < 1.29 is 9.18 Å². The molecule has 1 fully saturated rings. The van der Waals surface area contributed by atoms with Gasteiger partial charge in [0.1, 0.15) is 11.6 Å². The van der Waals surface area contributed by atoms with Crippen molar-refractivity contribution in [2.75, 3.05) is 36.4 Å². The summed E-state index contributed by atoms with van der Waals surface area (Å²) < 4.78 is 14.0. The van der Waals surface area contributed by atoms with E-state index in [0.29, 0.717) is 43.2 Å². The zero-order valence-corrected chi connectivity index (χ0v) is 16.3. The second-order valence-corrected chi connectivity index (χ2v) is 7.15. The summed E-state index contributed by atoms with van der Waals surface area (Å²) in [4.78, 5) is 21.1. The number of nitrogens with zero attached hydrogens (tertiary/aromatic N) is 3. The Morgan fingerprint density at radius 2 is 1.79 bits per heavy atom. The van der Waals surface area contributed by atoms with Gasteiger partial charge in [-0.15, -0.1) is 0 Å². The van der Waals surface area contributed by atoms with Crippen LogP contribution in [0.25, 0.3) is 0 Å². The number of aromatic nitrogens is 1. The van der Waals surface area contributed by atoms with Crippen LogP contribution in [0.1, 0.15) is 15.9 Å². The topological polar surface area (TPSA) is 48.5 Å². The number of aryl methyl sites for hydroxylation is 1. The molecule has 1 aliphatic rings. The van der Waals surface area contributed by atoms with E-state index in [1.807, 2.05) is 47.1 Å². The lowest BCUT2D eigenvalue weighted by Gasteiger charge is -2.36. The number of nitrogens with one attached hydrogen (secondary N) is 1. The highest BCUT2D eigenvalue weighted by Crippen LogP contribution is 2.22. The van der Waals surface area contributed by atoms with Gasteiger partial charge in [0.25, 0.3) is 5.91 Å². The van der Waals surface area contributed by atoms with Crippen LogP contribution in [0, 0.1) is 12.7 Å². The molecule has 0 bridgehead atoms. The normalized spacial score (nSPS) is 14.0. The van der Waals surface area contributed by atoms with Crippen molar-refractivity contribution in [3.8, 4) is 0 Å². The highest BCUT2D eigenvalue weighted by molar-refractivity contribution is 5.95. The van der Waals surface area contributed by atoms with E-state index in [4.69, 9.17) is 0 Å². The van der Waals surface area contributed by atoms with Gasteiger partial charge < -0.3 is 15.1 Å². The molecule has 4 rings (SSSR count). The molecule has 0 radical (unpaired) electrons. The third-order valence-corrected chi connectivity index (χ3v) is 5.06. The smallest absolute Gasteiger partial charge is 0.254 e. The monoisotopic (exact) mass is 390 g/mol. The number of benzene rings is 2. The predicted octanol–water partition coefficient (Wildman–Crippen LogP) is 4.24. The van der Waals surface area contributed by atoms with Crippen molar-refractivity contribution in [1.82, 2.24) is 9.88 Å². The summed E-state index contributed by atoms with van der Waals surface area (Å²) in [6.45, 7) is 4.34. The van der Waals surface area contributed by atoms with E-state index in [1.54, 1.807) is 30.5 Å². The molecule has 6 heteroatoms. The van der Waals surface area contributed by atoms with Crippen molar-refractivity contribution in [3.63, 3.8) is 0 Å². The Kier molecular flexibility index (Phi) is 5.42. The summed E-state index contributed by atoms with van der Waals surface area (Å²) in [6, 6.07) is 18.2. The number of pyridine rings is 1. The van der Waals surface area contributed by atoms with Crippen LogP contribution in [0.5, 0.6) is 0 Å². The van der Waals surface area contributed by atoms with E-state index in [2.05, 4.69) is 10.3 Å². The first-order chi connectivity index (χ1) is 14.1. The van der Waals surface area contributed by atoms with Crippen LogP contribution < -0.4 is 10.2 Å². The molecule has 2 heterocycles. The molecule has 29 heavy (non-hydrogen) atoms. The average Bonchev–Trinajstić information content (AvgIpc) is 2.74. The SMILES string of the molecule is Cc1cccc(Nc2cc(C(=O)N3CCN(c4ccccc4F)CC3)ccn2)c1. The number of amides is 1. The molecule has 0 aliphatic carbocycles. The molecule has 3 aromatic rings. The Balaban J connectivity index is 1.42. The summed E-state index contributed by atoms with van der Waals surface area (Å²) in [5, 5.41) is 3.25. The maximum atomic E-state index is 14.0. The van der Waals surface area contributed by atoms with Gasteiger partial charge in [0, 0.05) is 43.6 Å². The third kappa shape index (κ3) is 4.37. The van der Waals surface area contributed by atoms with Crippen LogP contribution in [0.3, 0.4) is 0 Å². The number of para-hydroxylation sites is 1. The van der Waals surface area contributed by atoms with Crippen LogP contribution >= 0.6 is 0 Å². The van der Waals surface area contributed by atoms with Crippen molar-refractivity contribution in [2.45, 2.75) is 6.92 Å². The third-order valence-electron chi connectivity index (χ3n) is 5.06. The largest absolute Gasteiger partial charge is 0.366 e. The lowest BCUT2D eigenvalue weighted by molar-refractivity contribution is 0.0746. The Hall–Kier alpha value is -3.41. The number of hydrogen-bond acceptors (Lipinski definition) is 4. The van der Waals surface area contributed by atoms with Crippen molar-refractivity contribution in [2.24, 2.45) is 0 Å². The standard InChI is InChI=1S/C23H23FN4O/c1-17-5-4-6-19(15-17)26-22-16-18(9-10-25-22)23(29)28-13-11-27(12-14-28)21-8-3-2-7-20(21)24/h2-10,15-16H,11-14H2,1H3,(H,25,26). The molecular formula is C23H23FN4O. The number of carbonyl (C=O) groups excluding carboxylic acids is 1. The molecule has 0 atom stereocenters. The second kappa shape index (κ2) is 8.31. The van der Waals surface area contributed by atoms with Crippen LogP contribution in [0.2, 0.25) is 0 Å². The van der Waals surface area contributed by atoms with E-state index in [0.717, 1.165) is 11.3 Å². The van der Waals surface area contributed by atoms with Gasteiger partial charge in [-0.25, -0.2) is 9.37 Å². The summed E-state index contributed by atoms with van der Waals surface area (Å²) >= 11 is 0. The fourth-order valence-electron chi connectivity index (χ4n) is 3.54. The first kappa shape index (κ1) is 18.9. The summed E-state index contributed by atoms with van der Waals surface area (Å²) in [7, 11) is 0. The van der Waals surface area contributed by atoms with Gasteiger partial charge in [0.05, 0.1) is 5.69 Å². The number of rotatable bonds is 4. The Bertz CT molecular complexity index is 1020. The zero-order valence-electron chi connectivity index (χ0n) is 16.3. The summed E-state index contributed by atoms with van der Waals surface area (Å²) in [5.74, 6) is 0.368. The molecule has 5 nitrogen and oxygen atoms in total. The molecule has 0 saturated carbocycles. The first-order valence-electron chi connectivity index (χ1n) is 9.69. The van der Waals surface area contributed by atoms with Gasteiger partial charge in [-0.3, -0.25) is 4.79 Å². The van der Waals surface area contributed by atoms with Gasteiger partial charge in [-0.2, -0.15) is 0 Å². The molecular weight excluding hydrogens is 367 g/mol. The Labute approximate surface area is 169 Å². The average molecular weight is 390 g/mol. The van der Waals surface area contributed by atoms with Crippen LogP contribution in [0.4, 0.5) is 21.6 Å². The van der Waals surface area contributed by atoms with Crippen LogP contribution in [-0.2, 0) is 0 Å². The molecule has 0 spiro atoms. The second-order valence-electron chi connectivity index (χ2n) is 7.15. The maximum absolute atomic E-state index is 14.0. The molecule has 148 valence electrons. The number of carbonyl (C=O) groups is 1. The van der Waals surface area contributed by atoms with E-state index < -0.39 is 0 Å². The number of piperazine rings is 1. The highest BCUT2D eigenvalue weighted by atomic mass is 19.1. The quantitative estimate of drug-likeness (QED) is 0.724. The fourth-order valence-corrected chi connectivity index (χ4v) is 3.54. The van der Waals surface area contributed by atoms with Crippen molar-refractivity contribution in [1.29, 1.82) is 0 Å². The lowest BCUT2D eigenvalue weighted by Crippen LogP contribution is -2.49. The summed E-state index contributed by atoms with van der Waals surface area (Å²) in [6.07, 6.45) is 1.64. The van der Waals surface area contributed by atoms with Gasteiger partial charge in [0.2, 0.25) is 0 Å². The number of anilines is 3. The number of hydrogen-bond donors (Lipinski definition) is 1. The van der Waals surface area contributed by atoms with Crippen molar-refractivity contribution in [3.05, 3.63) is 83.8 Å². The number of halogens is 1. The maximum Gasteiger partial charge on any atom is 0.254 e. The van der Waals surface area contributed by atoms with Gasteiger partial charge in [0.15, 0.2) is 0 Å². The lowest BCUT2D eigenvalue weighted by atomic mass is 10.2. The van der Waals surface area contributed by atoms with Crippen LogP contribution in [0.15, 0.2) is 66.9 Å². The highest BCUT2D eigenvalue weighted by Gasteiger charge is 2.23. The Morgan fingerprint density at radius 3 is 2.55 bits per heavy atom. The predicted molar refractivity (Wildman–Crippen MR) is 113 cm³/mol. The van der Waals surface area contributed by atoms with E-state index in [1.165, 1.54) is 6.07 Å². The van der Waals surface area contributed by atoms with Gasteiger partial charge in [-0.05, 0) is 48.9 Å². The van der Waals surface area contributed by atoms with Gasteiger partial charge in [-0.1, -0.05) is 24.3 Å². The molecule has 1 aromatic heterocycles. The molecule has 0 unspecified atom stereocenters. The minimum atomic E-state index is -0.228. The minimum Gasteiger partial charge on any atom is -0.366 e. The van der Waals surface area contributed by atoms with E-state index >= 15 is 0 Å². The zero-order chi connectivity index (χ0) is 20.2. The first-order valence-corrected chi connectivity index (χ1v) is 9.69. The molecule has 1 amide bonds.